The first kappa shape index (κ1) is 18.0. The Morgan fingerprint density at radius 2 is 1.96 bits per heavy atom. The number of carbonyl (C=O) groups is 1. The largest absolute Gasteiger partial charge is 0.387 e. The number of rotatable bonds is 5. The molecule has 3 unspecified atom stereocenters. The fourth-order valence-corrected chi connectivity index (χ4v) is 3.77. The molecule has 0 aromatic heterocycles. The van der Waals surface area contributed by atoms with E-state index in [-0.39, 0.29) is 24.3 Å². The van der Waals surface area contributed by atoms with Gasteiger partial charge in [-0.05, 0) is 36.2 Å². The van der Waals surface area contributed by atoms with Crippen molar-refractivity contribution in [1.82, 2.24) is 5.32 Å². The second-order valence-corrected chi connectivity index (χ2v) is 7.30. The first-order valence-electron chi connectivity index (χ1n) is 8.58. The molecule has 4 atom stereocenters. The summed E-state index contributed by atoms with van der Waals surface area (Å²) in [6, 6.07) is 9.24. The SMILES string of the molecule is CC1CCC(C(C)C)C(O)(C(=O)NC[C@H](O)c2ccccc2)C1. The van der Waals surface area contributed by atoms with E-state index in [2.05, 4.69) is 26.1 Å². The first-order chi connectivity index (χ1) is 10.8. The van der Waals surface area contributed by atoms with Crippen molar-refractivity contribution in [2.45, 2.75) is 51.7 Å². The summed E-state index contributed by atoms with van der Waals surface area (Å²) < 4.78 is 0. The van der Waals surface area contributed by atoms with E-state index in [0.29, 0.717) is 12.3 Å². The number of benzene rings is 1. The van der Waals surface area contributed by atoms with Gasteiger partial charge in [0.25, 0.3) is 5.91 Å². The van der Waals surface area contributed by atoms with Crippen molar-refractivity contribution in [2.24, 2.45) is 17.8 Å². The summed E-state index contributed by atoms with van der Waals surface area (Å²) in [6.45, 7) is 6.30. The molecule has 1 aromatic rings. The van der Waals surface area contributed by atoms with E-state index >= 15 is 0 Å². The van der Waals surface area contributed by atoms with E-state index in [0.717, 1.165) is 18.4 Å². The minimum Gasteiger partial charge on any atom is -0.387 e. The molecule has 0 saturated heterocycles. The van der Waals surface area contributed by atoms with E-state index in [1.807, 2.05) is 30.3 Å². The Balaban J connectivity index is 2.02. The molecule has 1 aromatic carbocycles. The molecule has 0 bridgehead atoms. The van der Waals surface area contributed by atoms with Crippen molar-refractivity contribution < 1.29 is 15.0 Å². The molecular formula is C19H29NO3. The lowest BCUT2D eigenvalue weighted by Gasteiger charge is -2.43. The second kappa shape index (κ2) is 7.45. The molecule has 0 spiro atoms. The van der Waals surface area contributed by atoms with Crippen molar-refractivity contribution >= 4 is 5.91 Å². The predicted octanol–water partition coefficient (Wildman–Crippen LogP) is 2.66. The third kappa shape index (κ3) is 4.12. The lowest BCUT2D eigenvalue weighted by Crippen LogP contribution is -2.56. The molecule has 0 radical (unpaired) electrons. The third-order valence-electron chi connectivity index (χ3n) is 5.08. The van der Waals surface area contributed by atoms with Gasteiger partial charge in [0, 0.05) is 6.54 Å². The number of hydrogen-bond donors (Lipinski definition) is 3. The van der Waals surface area contributed by atoms with Crippen LogP contribution in [0.1, 0.15) is 51.7 Å². The molecule has 4 nitrogen and oxygen atoms in total. The summed E-state index contributed by atoms with van der Waals surface area (Å²) >= 11 is 0. The summed E-state index contributed by atoms with van der Waals surface area (Å²) in [5.74, 6) is 0.197. The molecule has 0 heterocycles. The van der Waals surface area contributed by atoms with E-state index in [1.165, 1.54) is 0 Å². The molecule has 1 aliphatic carbocycles. The van der Waals surface area contributed by atoms with Crippen LogP contribution in [0, 0.1) is 17.8 Å². The lowest BCUT2D eigenvalue weighted by molar-refractivity contribution is -0.156. The van der Waals surface area contributed by atoms with E-state index < -0.39 is 11.7 Å². The minimum absolute atomic E-state index is 0.0347. The van der Waals surface area contributed by atoms with Gasteiger partial charge in [-0.15, -0.1) is 0 Å². The highest BCUT2D eigenvalue weighted by Crippen LogP contribution is 2.41. The zero-order valence-corrected chi connectivity index (χ0v) is 14.3. The molecule has 1 saturated carbocycles. The molecule has 1 aliphatic rings. The zero-order chi connectivity index (χ0) is 17.0. The summed E-state index contributed by atoms with van der Waals surface area (Å²) in [5.41, 5.74) is -0.570. The Kier molecular flexibility index (Phi) is 5.82. The van der Waals surface area contributed by atoms with Gasteiger partial charge >= 0.3 is 0 Å². The predicted molar refractivity (Wildman–Crippen MR) is 90.7 cm³/mol. The van der Waals surface area contributed by atoms with Crippen LogP contribution in [0.5, 0.6) is 0 Å². The van der Waals surface area contributed by atoms with Crippen LogP contribution in [0.2, 0.25) is 0 Å². The van der Waals surface area contributed by atoms with Gasteiger partial charge in [0.2, 0.25) is 0 Å². The van der Waals surface area contributed by atoms with Crippen molar-refractivity contribution in [1.29, 1.82) is 0 Å². The van der Waals surface area contributed by atoms with Gasteiger partial charge in [-0.1, -0.05) is 57.5 Å². The molecule has 0 aliphatic heterocycles. The van der Waals surface area contributed by atoms with Crippen LogP contribution in [-0.2, 0) is 4.79 Å². The first-order valence-corrected chi connectivity index (χ1v) is 8.58. The quantitative estimate of drug-likeness (QED) is 0.781. The van der Waals surface area contributed by atoms with Crippen LogP contribution in [0.25, 0.3) is 0 Å². The number of aliphatic hydroxyl groups excluding tert-OH is 1. The van der Waals surface area contributed by atoms with Crippen molar-refractivity contribution in [3.05, 3.63) is 35.9 Å². The Hall–Kier alpha value is -1.39. The van der Waals surface area contributed by atoms with Crippen LogP contribution < -0.4 is 5.32 Å². The highest BCUT2D eigenvalue weighted by atomic mass is 16.3. The van der Waals surface area contributed by atoms with E-state index in [9.17, 15) is 15.0 Å². The van der Waals surface area contributed by atoms with Crippen molar-refractivity contribution in [3.63, 3.8) is 0 Å². The summed E-state index contributed by atoms with van der Waals surface area (Å²) in [4.78, 5) is 12.6. The molecule has 2 rings (SSSR count). The van der Waals surface area contributed by atoms with Crippen LogP contribution in [0.3, 0.4) is 0 Å². The van der Waals surface area contributed by atoms with E-state index in [4.69, 9.17) is 0 Å². The average molecular weight is 319 g/mol. The zero-order valence-electron chi connectivity index (χ0n) is 14.3. The fourth-order valence-electron chi connectivity index (χ4n) is 3.77. The third-order valence-corrected chi connectivity index (χ3v) is 5.08. The van der Waals surface area contributed by atoms with Gasteiger partial charge in [0.1, 0.15) is 5.60 Å². The molecule has 4 heteroatoms. The van der Waals surface area contributed by atoms with Crippen LogP contribution in [0.4, 0.5) is 0 Å². The Labute approximate surface area is 138 Å². The van der Waals surface area contributed by atoms with Gasteiger partial charge in [-0.2, -0.15) is 0 Å². The Bertz CT molecular complexity index is 517. The maximum absolute atomic E-state index is 12.6. The molecular weight excluding hydrogens is 290 g/mol. The average Bonchev–Trinajstić information content (AvgIpc) is 2.52. The summed E-state index contributed by atoms with van der Waals surface area (Å²) in [6.07, 6.45) is 1.64. The number of hydrogen-bond acceptors (Lipinski definition) is 3. The normalized spacial score (nSPS) is 29.3. The monoisotopic (exact) mass is 319 g/mol. The molecule has 128 valence electrons. The van der Waals surface area contributed by atoms with Crippen LogP contribution in [-0.4, -0.2) is 28.3 Å². The Morgan fingerprint density at radius 1 is 1.30 bits per heavy atom. The van der Waals surface area contributed by atoms with Gasteiger partial charge in [0.15, 0.2) is 0 Å². The highest BCUT2D eigenvalue weighted by Gasteiger charge is 2.48. The summed E-state index contributed by atoms with van der Waals surface area (Å²) in [5, 5.41) is 24.0. The smallest absolute Gasteiger partial charge is 0.252 e. The molecule has 1 amide bonds. The number of aliphatic hydroxyl groups is 2. The number of carbonyl (C=O) groups excluding carboxylic acids is 1. The van der Waals surface area contributed by atoms with Crippen LogP contribution in [0.15, 0.2) is 30.3 Å². The van der Waals surface area contributed by atoms with E-state index in [1.54, 1.807) is 0 Å². The molecule has 23 heavy (non-hydrogen) atoms. The standard InChI is InChI=1S/C19H29NO3/c1-13(2)16-10-9-14(3)11-19(16,23)18(22)20-12-17(21)15-7-5-4-6-8-15/h4-8,13-14,16-17,21,23H,9-12H2,1-3H3,(H,20,22)/t14?,16?,17-,19?/m0/s1. The molecule has 1 fully saturated rings. The van der Waals surface area contributed by atoms with Crippen molar-refractivity contribution in [2.75, 3.05) is 6.54 Å². The molecule has 3 N–H and O–H groups in total. The van der Waals surface area contributed by atoms with Gasteiger partial charge in [0.05, 0.1) is 6.10 Å². The number of nitrogens with one attached hydrogen (secondary N) is 1. The van der Waals surface area contributed by atoms with Crippen LogP contribution >= 0.6 is 0 Å². The highest BCUT2D eigenvalue weighted by molar-refractivity contribution is 5.85. The Morgan fingerprint density at radius 3 is 2.57 bits per heavy atom. The fraction of sp³-hybridized carbons (Fsp3) is 0.632. The van der Waals surface area contributed by atoms with Gasteiger partial charge in [-0.3, -0.25) is 4.79 Å². The topological polar surface area (TPSA) is 69.6 Å². The van der Waals surface area contributed by atoms with Gasteiger partial charge in [-0.25, -0.2) is 0 Å². The maximum atomic E-state index is 12.6. The van der Waals surface area contributed by atoms with Gasteiger partial charge < -0.3 is 15.5 Å². The van der Waals surface area contributed by atoms with Crippen molar-refractivity contribution in [3.8, 4) is 0 Å². The maximum Gasteiger partial charge on any atom is 0.252 e. The lowest BCUT2D eigenvalue weighted by atomic mass is 9.66. The second-order valence-electron chi connectivity index (χ2n) is 7.30. The number of amides is 1. The summed E-state index contributed by atoms with van der Waals surface area (Å²) in [7, 11) is 0. The minimum atomic E-state index is -1.33.